The van der Waals surface area contributed by atoms with Crippen LogP contribution in [0.1, 0.15) is 19.3 Å². The van der Waals surface area contributed by atoms with Crippen molar-refractivity contribution in [2.45, 2.75) is 19.3 Å². The molecule has 0 radical (unpaired) electrons. The molecule has 0 unspecified atom stereocenters. The molecule has 6 nitrogen and oxygen atoms in total. The number of piperidine rings is 1. The van der Waals surface area contributed by atoms with Crippen LogP contribution in [-0.2, 0) is 9.57 Å². The Hall–Kier alpha value is -2.47. The van der Waals surface area contributed by atoms with Crippen molar-refractivity contribution in [3.05, 3.63) is 36.9 Å². The molecule has 0 N–H and O–H groups in total. The summed E-state index contributed by atoms with van der Waals surface area (Å²) in [5.41, 5.74) is 3.05. The largest absolute Gasteiger partial charge is 0.481 e. The lowest BCUT2D eigenvalue weighted by atomic mass is 10.1. The molecule has 6 heteroatoms. The minimum Gasteiger partial charge on any atom is -0.481 e. The predicted molar refractivity (Wildman–Crippen MR) is 101 cm³/mol. The molecule has 1 saturated heterocycles. The lowest BCUT2D eigenvalue weighted by Crippen LogP contribution is -2.31. The molecule has 1 aromatic carbocycles. The third kappa shape index (κ3) is 3.35. The molecular weight excluding hydrogens is 316 g/mol. The minimum absolute atomic E-state index is 0.458. The second-order valence-corrected chi connectivity index (χ2v) is 6.12. The van der Waals surface area contributed by atoms with Gasteiger partial charge in [-0.3, -0.25) is 4.84 Å². The monoisotopic (exact) mass is 342 g/mol. The maximum atomic E-state index is 5.50. The highest BCUT2D eigenvalue weighted by Crippen LogP contribution is 2.41. The second kappa shape index (κ2) is 7.61. The van der Waals surface area contributed by atoms with Gasteiger partial charge in [0, 0.05) is 25.7 Å². The fraction of sp³-hybridized carbons (Fsp3) is 0.421. The highest BCUT2D eigenvalue weighted by atomic mass is 16.7. The average Bonchev–Trinajstić information content (AvgIpc) is 3.08. The van der Waals surface area contributed by atoms with Gasteiger partial charge in [0.25, 0.3) is 0 Å². The summed E-state index contributed by atoms with van der Waals surface area (Å²) >= 11 is 0. The molecule has 2 heterocycles. The molecule has 0 spiro atoms. The Morgan fingerprint density at radius 1 is 1.12 bits per heavy atom. The number of hydrogen-bond donors (Lipinski definition) is 0. The molecule has 0 aliphatic carbocycles. The van der Waals surface area contributed by atoms with Crippen molar-refractivity contribution in [3.63, 3.8) is 0 Å². The molecule has 1 fully saturated rings. The maximum absolute atomic E-state index is 5.50. The van der Waals surface area contributed by atoms with Crippen molar-refractivity contribution in [2.75, 3.05) is 44.3 Å². The number of hydrogen-bond acceptors (Lipinski definition) is 5. The van der Waals surface area contributed by atoms with Gasteiger partial charge in [-0.25, -0.2) is 5.06 Å². The van der Waals surface area contributed by atoms with Crippen molar-refractivity contribution < 1.29 is 9.57 Å². The Morgan fingerprint density at radius 2 is 1.80 bits per heavy atom. The number of ether oxygens (including phenoxy) is 1. The summed E-state index contributed by atoms with van der Waals surface area (Å²) in [6, 6.07) is 10.2. The summed E-state index contributed by atoms with van der Waals surface area (Å²) in [6.07, 6.45) is 3.63. The normalized spacial score (nSPS) is 14.4. The van der Waals surface area contributed by atoms with E-state index in [1.807, 2.05) is 25.2 Å². The standard InChI is InChI=1S/C19H26N4O2/c1-15(24-3)23-19(21(2)25-4)18(22-13-9-6-10-14-22)17(20-23)16-11-7-5-8-12-16/h5,7-8,11-12H,1,6,9-10,13-14H2,2-4H3. The molecule has 1 aromatic heterocycles. The van der Waals surface area contributed by atoms with E-state index in [-0.39, 0.29) is 0 Å². The van der Waals surface area contributed by atoms with E-state index in [0.29, 0.717) is 5.88 Å². The molecule has 3 rings (SSSR count). The van der Waals surface area contributed by atoms with Crippen LogP contribution in [-0.4, -0.2) is 44.1 Å². The molecule has 0 amide bonds. The first-order valence-electron chi connectivity index (χ1n) is 8.62. The molecule has 0 saturated carbocycles. The zero-order valence-electron chi connectivity index (χ0n) is 15.2. The first-order valence-corrected chi connectivity index (χ1v) is 8.62. The van der Waals surface area contributed by atoms with Gasteiger partial charge in [0.2, 0.25) is 5.88 Å². The number of aromatic nitrogens is 2. The molecule has 1 aliphatic rings. The number of methoxy groups -OCH3 is 1. The van der Waals surface area contributed by atoms with E-state index in [1.165, 1.54) is 19.3 Å². The van der Waals surface area contributed by atoms with Crippen LogP contribution in [0.2, 0.25) is 0 Å². The molecular formula is C19H26N4O2. The summed E-state index contributed by atoms with van der Waals surface area (Å²) in [5.74, 6) is 1.29. The Bertz CT molecular complexity index is 721. The highest BCUT2D eigenvalue weighted by molar-refractivity contribution is 5.86. The van der Waals surface area contributed by atoms with E-state index < -0.39 is 0 Å². The average molecular weight is 342 g/mol. The van der Waals surface area contributed by atoms with Gasteiger partial charge in [0.15, 0.2) is 5.82 Å². The number of anilines is 2. The van der Waals surface area contributed by atoms with Crippen molar-refractivity contribution >= 4 is 17.4 Å². The molecule has 134 valence electrons. The fourth-order valence-corrected chi connectivity index (χ4v) is 3.23. The van der Waals surface area contributed by atoms with Crippen LogP contribution in [0.25, 0.3) is 17.1 Å². The highest BCUT2D eigenvalue weighted by Gasteiger charge is 2.28. The summed E-state index contributed by atoms with van der Waals surface area (Å²) in [4.78, 5) is 7.89. The lowest BCUT2D eigenvalue weighted by molar-refractivity contribution is 0.180. The molecule has 25 heavy (non-hydrogen) atoms. The summed E-state index contributed by atoms with van der Waals surface area (Å²) in [5, 5.41) is 6.54. The van der Waals surface area contributed by atoms with Crippen LogP contribution in [0.15, 0.2) is 36.9 Å². The van der Waals surface area contributed by atoms with Crippen molar-refractivity contribution in [1.29, 1.82) is 0 Å². The minimum atomic E-state index is 0.458. The van der Waals surface area contributed by atoms with E-state index >= 15 is 0 Å². The molecule has 2 aromatic rings. The number of rotatable bonds is 6. The van der Waals surface area contributed by atoms with E-state index in [9.17, 15) is 0 Å². The fourth-order valence-electron chi connectivity index (χ4n) is 3.23. The Labute approximate surface area is 149 Å². The van der Waals surface area contributed by atoms with E-state index in [0.717, 1.165) is 35.9 Å². The summed E-state index contributed by atoms with van der Waals surface area (Å²) in [7, 11) is 5.12. The van der Waals surface area contributed by atoms with Gasteiger partial charge in [-0.15, -0.1) is 0 Å². The van der Waals surface area contributed by atoms with Crippen LogP contribution in [0, 0.1) is 0 Å². The lowest BCUT2D eigenvalue weighted by Gasteiger charge is -2.31. The number of nitrogens with zero attached hydrogens (tertiary/aromatic N) is 4. The smallest absolute Gasteiger partial charge is 0.208 e. The predicted octanol–water partition coefficient (Wildman–Crippen LogP) is 3.61. The first-order chi connectivity index (χ1) is 12.2. The van der Waals surface area contributed by atoms with Crippen molar-refractivity contribution in [3.8, 4) is 11.3 Å². The SMILES string of the molecule is C=C(OC)n1nc(-c2ccccc2)c(N2CCCCC2)c1N(C)OC. The Morgan fingerprint density at radius 3 is 2.40 bits per heavy atom. The van der Waals surface area contributed by atoms with Gasteiger partial charge in [-0.1, -0.05) is 30.3 Å². The van der Waals surface area contributed by atoms with Gasteiger partial charge in [-0.2, -0.15) is 9.78 Å². The van der Waals surface area contributed by atoms with E-state index in [1.54, 1.807) is 24.0 Å². The van der Waals surface area contributed by atoms with Crippen LogP contribution in [0.4, 0.5) is 11.5 Å². The van der Waals surface area contributed by atoms with Crippen LogP contribution in [0.3, 0.4) is 0 Å². The Balaban J connectivity index is 2.22. The molecule has 0 atom stereocenters. The second-order valence-electron chi connectivity index (χ2n) is 6.12. The first kappa shape index (κ1) is 17.4. The molecule has 0 bridgehead atoms. The molecule has 1 aliphatic heterocycles. The van der Waals surface area contributed by atoms with E-state index in [2.05, 4.69) is 23.6 Å². The van der Waals surface area contributed by atoms with Crippen LogP contribution in [0.5, 0.6) is 0 Å². The number of hydroxylamine groups is 1. The zero-order valence-corrected chi connectivity index (χ0v) is 15.2. The maximum Gasteiger partial charge on any atom is 0.208 e. The van der Waals surface area contributed by atoms with Crippen LogP contribution < -0.4 is 9.96 Å². The quantitative estimate of drug-likeness (QED) is 0.593. The van der Waals surface area contributed by atoms with Gasteiger partial charge in [0.05, 0.1) is 14.2 Å². The topological polar surface area (TPSA) is 42.8 Å². The zero-order chi connectivity index (χ0) is 17.8. The van der Waals surface area contributed by atoms with Crippen LogP contribution >= 0.6 is 0 Å². The third-order valence-corrected chi connectivity index (χ3v) is 4.60. The summed E-state index contributed by atoms with van der Waals surface area (Å²) in [6.45, 7) is 6.01. The van der Waals surface area contributed by atoms with Gasteiger partial charge >= 0.3 is 0 Å². The number of benzene rings is 1. The van der Waals surface area contributed by atoms with E-state index in [4.69, 9.17) is 14.7 Å². The van der Waals surface area contributed by atoms with Crippen molar-refractivity contribution in [1.82, 2.24) is 9.78 Å². The van der Waals surface area contributed by atoms with Gasteiger partial charge < -0.3 is 9.64 Å². The summed E-state index contributed by atoms with van der Waals surface area (Å²) < 4.78 is 7.09. The third-order valence-electron chi connectivity index (χ3n) is 4.60. The van der Waals surface area contributed by atoms with Crippen molar-refractivity contribution in [2.24, 2.45) is 0 Å². The van der Waals surface area contributed by atoms with Gasteiger partial charge in [0.1, 0.15) is 11.4 Å². The Kier molecular flexibility index (Phi) is 5.28. The van der Waals surface area contributed by atoms with Gasteiger partial charge in [-0.05, 0) is 25.8 Å².